The molecule has 90 valence electrons. The van der Waals surface area contributed by atoms with Crippen LogP contribution in [0.25, 0.3) is 0 Å². The van der Waals surface area contributed by atoms with Crippen molar-refractivity contribution >= 4 is 34.8 Å². The van der Waals surface area contributed by atoms with E-state index in [4.69, 9.17) is 34.8 Å². The molecule has 6 heteroatoms. The molecule has 0 radical (unpaired) electrons. The lowest BCUT2D eigenvalue weighted by Gasteiger charge is -2.28. The number of hydrogen-bond acceptors (Lipinski definition) is 0. The average Bonchev–Trinajstić information content (AvgIpc) is 2.11. The van der Waals surface area contributed by atoms with E-state index in [1.54, 1.807) is 0 Å². The van der Waals surface area contributed by atoms with Crippen LogP contribution in [-0.4, -0.2) is 6.18 Å². The Morgan fingerprint density at radius 3 is 1.62 bits per heavy atom. The average molecular weight is 292 g/mol. The minimum Gasteiger partial charge on any atom is -0.170 e. The predicted octanol–water partition coefficient (Wildman–Crippen LogP) is 5.49. The van der Waals surface area contributed by atoms with Gasteiger partial charge in [0.15, 0.2) is 0 Å². The molecule has 0 aromatic heterocycles. The van der Waals surface area contributed by atoms with Gasteiger partial charge in [-0.1, -0.05) is 34.8 Å². The van der Waals surface area contributed by atoms with Crippen LogP contribution in [0.5, 0.6) is 0 Å². The second-order valence-corrected chi connectivity index (χ2v) is 5.07. The van der Waals surface area contributed by atoms with Gasteiger partial charge in [-0.25, -0.2) is 0 Å². The predicted molar refractivity (Wildman–Crippen MR) is 60.6 cm³/mol. The zero-order chi connectivity index (χ0) is 12.7. The van der Waals surface area contributed by atoms with Crippen LogP contribution < -0.4 is 0 Å². The van der Waals surface area contributed by atoms with Gasteiger partial charge in [-0.15, -0.1) is 0 Å². The van der Waals surface area contributed by atoms with E-state index in [9.17, 15) is 13.2 Å². The minimum absolute atomic E-state index is 0.0144. The highest BCUT2D eigenvalue weighted by Gasteiger charge is 2.48. The Hall–Kier alpha value is -0.120. The van der Waals surface area contributed by atoms with Crippen molar-refractivity contribution in [3.8, 4) is 0 Å². The van der Waals surface area contributed by atoms with Crippen molar-refractivity contribution in [2.75, 3.05) is 0 Å². The maximum atomic E-state index is 12.8. The van der Waals surface area contributed by atoms with Crippen LogP contribution in [0, 0.1) is 0 Å². The zero-order valence-electron chi connectivity index (χ0n) is 8.42. The third-order valence-electron chi connectivity index (χ3n) is 2.41. The molecule has 0 atom stereocenters. The normalized spacial score (nSPS) is 13.0. The lowest BCUT2D eigenvalue weighted by Crippen LogP contribution is -2.36. The number of hydrogen-bond donors (Lipinski definition) is 0. The third-order valence-corrected chi connectivity index (χ3v) is 3.61. The summed E-state index contributed by atoms with van der Waals surface area (Å²) in [7, 11) is 0. The largest absolute Gasteiger partial charge is 0.397 e. The van der Waals surface area contributed by atoms with E-state index in [0.717, 1.165) is 13.8 Å². The van der Waals surface area contributed by atoms with Crippen molar-refractivity contribution in [3.05, 3.63) is 32.8 Å². The van der Waals surface area contributed by atoms with Crippen LogP contribution in [0.4, 0.5) is 13.2 Å². The van der Waals surface area contributed by atoms with Gasteiger partial charge in [-0.2, -0.15) is 13.2 Å². The van der Waals surface area contributed by atoms with E-state index >= 15 is 0 Å². The molecule has 0 aliphatic carbocycles. The van der Waals surface area contributed by atoms with Crippen LogP contribution >= 0.6 is 34.8 Å². The van der Waals surface area contributed by atoms with Crippen molar-refractivity contribution in [1.82, 2.24) is 0 Å². The summed E-state index contributed by atoms with van der Waals surface area (Å²) in [5, 5.41) is 0.0908. The summed E-state index contributed by atoms with van der Waals surface area (Å²) in [5.74, 6) is 0. The first-order valence-corrected chi connectivity index (χ1v) is 5.42. The van der Waals surface area contributed by atoms with E-state index in [1.807, 2.05) is 0 Å². The van der Waals surface area contributed by atoms with E-state index < -0.39 is 11.6 Å². The first-order valence-electron chi connectivity index (χ1n) is 4.29. The molecule has 0 unspecified atom stereocenters. The third kappa shape index (κ3) is 2.41. The molecule has 0 bridgehead atoms. The zero-order valence-corrected chi connectivity index (χ0v) is 10.7. The summed E-state index contributed by atoms with van der Waals surface area (Å²) in [4.78, 5) is 0. The van der Waals surface area contributed by atoms with Crippen LogP contribution in [-0.2, 0) is 5.41 Å². The highest BCUT2D eigenvalue weighted by Crippen LogP contribution is 2.43. The van der Waals surface area contributed by atoms with Gasteiger partial charge in [0.2, 0.25) is 0 Å². The molecule has 0 heterocycles. The summed E-state index contributed by atoms with van der Waals surface area (Å²) >= 11 is 17.1. The molecule has 0 amide bonds. The first-order chi connectivity index (χ1) is 7.07. The maximum absolute atomic E-state index is 12.8. The Kier molecular flexibility index (Phi) is 3.73. The SMILES string of the molecule is CC(C)(c1cc(Cl)c(Cl)c(Cl)c1)C(F)(F)F. The second kappa shape index (κ2) is 4.28. The fourth-order valence-electron chi connectivity index (χ4n) is 1.08. The van der Waals surface area contributed by atoms with Crippen molar-refractivity contribution in [3.63, 3.8) is 0 Å². The quantitative estimate of drug-likeness (QED) is 0.600. The lowest BCUT2D eigenvalue weighted by molar-refractivity contribution is -0.180. The van der Waals surface area contributed by atoms with E-state index in [2.05, 4.69) is 0 Å². The van der Waals surface area contributed by atoms with Gasteiger partial charge >= 0.3 is 6.18 Å². The highest BCUT2D eigenvalue weighted by molar-refractivity contribution is 6.48. The Morgan fingerprint density at radius 2 is 1.31 bits per heavy atom. The molecule has 16 heavy (non-hydrogen) atoms. The van der Waals surface area contributed by atoms with Gasteiger partial charge in [0, 0.05) is 0 Å². The summed E-state index contributed by atoms with van der Waals surface area (Å²) < 4.78 is 38.3. The first kappa shape index (κ1) is 13.9. The molecule has 0 saturated heterocycles. The molecular weight excluding hydrogens is 283 g/mol. The van der Waals surface area contributed by atoms with Gasteiger partial charge in [0.1, 0.15) is 0 Å². The molecular formula is C10H8Cl3F3. The standard InChI is InChI=1S/C10H8Cl3F3/c1-9(2,10(14,15)16)5-3-6(11)8(13)7(12)4-5/h3-4H,1-2H3. The Balaban J connectivity index is 3.35. The van der Waals surface area contributed by atoms with Crippen molar-refractivity contribution < 1.29 is 13.2 Å². The highest BCUT2D eigenvalue weighted by atomic mass is 35.5. The van der Waals surface area contributed by atoms with E-state index in [0.29, 0.717) is 0 Å². The van der Waals surface area contributed by atoms with Crippen molar-refractivity contribution in [1.29, 1.82) is 0 Å². The summed E-state index contributed by atoms with van der Waals surface area (Å²) in [6, 6.07) is 2.37. The van der Waals surface area contributed by atoms with Crippen LogP contribution in [0.3, 0.4) is 0 Å². The van der Waals surface area contributed by atoms with Crippen molar-refractivity contribution in [2.24, 2.45) is 0 Å². The van der Waals surface area contributed by atoms with Gasteiger partial charge in [0.25, 0.3) is 0 Å². The molecule has 1 rings (SSSR count). The maximum Gasteiger partial charge on any atom is 0.397 e. The molecule has 1 aromatic rings. The lowest BCUT2D eigenvalue weighted by atomic mass is 9.84. The molecule has 1 aromatic carbocycles. The monoisotopic (exact) mass is 290 g/mol. The van der Waals surface area contributed by atoms with Crippen LogP contribution in [0.1, 0.15) is 19.4 Å². The molecule has 0 nitrogen and oxygen atoms in total. The molecule has 0 saturated carbocycles. The van der Waals surface area contributed by atoms with Gasteiger partial charge in [-0.3, -0.25) is 0 Å². The van der Waals surface area contributed by atoms with E-state index in [1.165, 1.54) is 12.1 Å². The Morgan fingerprint density at radius 1 is 0.938 bits per heavy atom. The molecule has 0 spiro atoms. The minimum atomic E-state index is -4.38. The summed E-state index contributed by atoms with van der Waals surface area (Å²) in [6.07, 6.45) is -4.38. The second-order valence-electron chi connectivity index (χ2n) is 3.88. The van der Waals surface area contributed by atoms with Crippen LogP contribution in [0.2, 0.25) is 15.1 Å². The topological polar surface area (TPSA) is 0 Å². The molecule has 0 aliphatic heterocycles. The number of halogens is 6. The fourth-order valence-corrected chi connectivity index (χ4v) is 1.68. The molecule has 0 aliphatic rings. The van der Waals surface area contributed by atoms with Crippen LogP contribution in [0.15, 0.2) is 12.1 Å². The van der Waals surface area contributed by atoms with Crippen molar-refractivity contribution in [2.45, 2.75) is 25.4 Å². The summed E-state index contributed by atoms with van der Waals surface area (Å²) in [6.45, 7) is 2.12. The molecule has 0 fully saturated rings. The number of alkyl halides is 3. The summed E-state index contributed by atoms with van der Waals surface area (Å²) in [5.41, 5.74) is -2.04. The smallest absolute Gasteiger partial charge is 0.170 e. The number of rotatable bonds is 1. The Labute approximate surface area is 106 Å². The van der Waals surface area contributed by atoms with Gasteiger partial charge in [-0.05, 0) is 31.5 Å². The number of benzene rings is 1. The fraction of sp³-hybridized carbons (Fsp3) is 0.400. The Bertz CT molecular complexity index is 387. The van der Waals surface area contributed by atoms with Gasteiger partial charge in [0.05, 0.1) is 20.5 Å². The van der Waals surface area contributed by atoms with E-state index in [-0.39, 0.29) is 20.6 Å². The molecule has 0 N–H and O–H groups in total. The van der Waals surface area contributed by atoms with Gasteiger partial charge < -0.3 is 0 Å².